The predicted octanol–water partition coefficient (Wildman–Crippen LogP) is 1.57. The number of rotatable bonds is 2. The summed E-state index contributed by atoms with van der Waals surface area (Å²) in [6.07, 6.45) is 5.19. The first-order chi connectivity index (χ1) is 6.75. The fraction of sp³-hybridized carbons (Fsp3) is 0.600. The molecule has 1 heterocycles. The van der Waals surface area contributed by atoms with Crippen molar-refractivity contribution in [2.24, 2.45) is 0 Å². The molecular formula is C10H13NO3. The van der Waals surface area contributed by atoms with Crippen molar-refractivity contribution in [3.05, 3.63) is 17.3 Å². The number of carboxylic acid groups (broad SMARTS) is 1. The lowest BCUT2D eigenvalue weighted by Gasteiger charge is -1.91. The third-order valence-corrected chi connectivity index (χ3v) is 2.44. The number of carboxylic acids is 1. The van der Waals surface area contributed by atoms with Gasteiger partial charge in [0.1, 0.15) is 12.2 Å². The Hall–Kier alpha value is -1.32. The maximum absolute atomic E-state index is 10.4. The number of nitrogens with zero attached hydrogens (tertiary/aromatic N) is 1. The Labute approximate surface area is 81.9 Å². The third-order valence-electron chi connectivity index (χ3n) is 2.44. The maximum Gasteiger partial charge on any atom is 0.312 e. The number of aromatic nitrogens is 1. The Kier molecular flexibility index (Phi) is 2.52. The Morgan fingerprint density at radius 2 is 2.14 bits per heavy atom. The molecule has 0 saturated carbocycles. The van der Waals surface area contributed by atoms with E-state index < -0.39 is 5.97 Å². The molecule has 76 valence electrons. The Balaban J connectivity index is 2.18. The predicted molar refractivity (Wildman–Crippen MR) is 49.1 cm³/mol. The normalized spacial score (nSPS) is 16.0. The highest BCUT2D eigenvalue weighted by Crippen LogP contribution is 2.21. The number of carbonyl (C=O) groups is 1. The minimum absolute atomic E-state index is 0.104. The number of aliphatic carboxylic acids is 1. The van der Waals surface area contributed by atoms with Gasteiger partial charge in [0.05, 0.1) is 5.69 Å². The molecule has 0 aliphatic heterocycles. The molecule has 0 bridgehead atoms. The van der Waals surface area contributed by atoms with Crippen LogP contribution in [0.4, 0.5) is 0 Å². The average molecular weight is 195 g/mol. The standard InChI is InChI=1S/C10H13NO3/c12-10(13)6-9-11-7-4-2-1-3-5-8(7)14-9/h1-6H2,(H,12,13). The summed E-state index contributed by atoms with van der Waals surface area (Å²) < 4.78 is 5.40. The zero-order valence-corrected chi connectivity index (χ0v) is 7.95. The number of aryl methyl sites for hydroxylation is 2. The molecule has 0 unspecified atom stereocenters. The Morgan fingerprint density at radius 1 is 1.36 bits per heavy atom. The number of fused-ring (bicyclic) bond motifs is 1. The maximum atomic E-state index is 10.4. The summed E-state index contributed by atoms with van der Waals surface area (Å²) >= 11 is 0. The van der Waals surface area contributed by atoms with Gasteiger partial charge in [-0.25, -0.2) is 4.98 Å². The molecule has 4 heteroatoms. The summed E-state index contributed by atoms with van der Waals surface area (Å²) in [4.78, 5) is 14.7. The van der Waals surface area contributed by atoms with Crippen molar-refractivity contribution in [3.8, 4) is 0 Å². The van der Waals surface area contributed by atoms with Gasteiger partial charge in [-0.15, -0.1) is 0 Å². The molecule has 14 heavy (non-hydrogen) atoms. The lowest BCUT2D eigenvalue weighted by atomic mass is 10.2. The van der Waals surface area contributed by atoms with E-state index in [9.17, 15) is 4.79 Å². The summed E-state index contributed by atoms with van der Waals surface area (Å²) in [5.74, 6) is 0.365. The summed E-state index contributed by atoms with van der Waals surface area (Å²) in [7, 11) is 0. The van der Waals surface area contributed by atoms with Crippen LogP contribution >= 0.6 is 0 Å². The van der Waals surface area contributed by atoms with E-state index in [0.29, 0.717) is 5.89 Å². The van der Waals surface area contributed by atoms with Crippen molar-refractivity contribution in [2.75, 3.05) is 0 Å². The molecule has 0 aromatic carbocycles. The molecule has 0 fully saturated rings. The van der Waals surface area contributed by atoms with Crippen LogP contribution in [0.3, 0.4) is 0 Å². The van der Waals surface area contributed by atoms with Gasteiger partial charge in [-0.1, -0.05) is 6.42 Å². The van der Waals surface area contributed by atoms with Gasteiger partial charge in [0.2, 0.25) is 5.89 Å². The molecule has 1 N–H and O–H groups in total. The van der Waals surface area contributed by atoms with Crippen LogP contribution in [-0.2, 0) is 24.1 Å². The first-order valence-electron chi connectivity index (χ1n) is 4.95. The molecule has 2 rings (SSSR count). The zero-order chi connectivity index (χ0) is 9.97. The second-order valence-corrected chi connectivity index (χ2v) is 3.61. The molecule has 0 spiro atoms. The van der Waals surface area contributed by atoms with Crippen LogP contribution in [0.1, 0.15) is 36.6 Å². The van der Waals surface area contributed by atoms with Gasteiger partial charge in [0.15, 0.2) is 0 Å². The highest BCUT2D eigenvalue weighted by atomic mass is 16.4. The van der Waals surface area contributed by atoms with Crippen LogP contribution in [0.25, 0.3) is 0 Å². The lowest BCUT2D eigenvalue weighted by Crippen LogP contribution is -2.00. The third kappa shape index (κ3) is 1.95. The fourth-order valence-corrected chi connectivity index (χ4v) is 1.79. The highest BCUT2D eigenvalue weighted by Gasteiger charge is 2.16. The van der Waals surface area contributed by atoms with Gasteiger partial charge in [-0.2, -0.15) is 0 Å². The molecule has 1 aliphatic carbocycles. The monoisotopic (exact) mass is 195 g/mol. The molecule has 1 aromatic heterocycles. The quantitative estimate of drug-likeness (QED) is 0.727. The van der Waals surface area contributed by atoms with E-state index in [4.69, 9.17) is 9.52 Å². The SMILES string of the molecule is O=C(O)Cc1nc2c(o1)CCCCC2. The first kappa shape index (κ1) is 9.24. The average Bonchev–Trinajstić information content (AvgIpc) is 2.34. The fourth-order valence-electron chi connectivity index (χ4n) is 1.79. The van der Waals surface area contributed by atoms with Gasteiger partial charge < -0.3 is 9.52 Å². The largest absolute Gasteiger partial charge is 0.481 e. The van der Waals surface area contributed by atoms with E-state index >= 15 is 0 Å². The molecular weight excluding hydrogens is 182 g/mol. The van der Waals surface area contributed by atoms with Crippen LogP contribution in [0.5, 0.6) is 0 Å². The van der Waals surface area contributed by atoms with Crippen LogP contribution in [0, 0.1) is 0 Å². The van der Waals surface area contributed by atoms with E-state index in [-0.39, 0.29) is 6.42 Å². The second-order valence-electron chi connectivity index (χ2n) is 3.61. The number of hydrogen-bond donors (Lipinski definition) is 1. The van der Waals surface area contributed by atoms with Crippen LogP contribution in [-0.4, -0.2) is 16.1 Å². The number of hydrogen-bond acceptors (Lipinski definition) is 3. The van der Waals surface area contributed by atoms with Crippen molar-refractivity contribution >= 4 is 5.97 Å². The van der Waals surface area contributed by atoms with E-state index in [1.54, 1.807) is 0 Å². The van der Waals surface area contributed by atoms with Crippen molar-refractivity contribution in [2.45, 2.75) is 38.5 Å². The summed E-state index contributed by atoms with van der Waals surface area (Å²) in [5.41, 5.74) is 0.971. The smallest absolute Gasteiger partial charge is 0.312 e. The zero-order valence-electron chi connectivity index (χ0n) is 7.95. The highest BCUT2D eigenvalue weighted by molar-refractivity contribution is 5.68. The van der Waals surface area contributed by atoms with Crippen LogP contribution < -0.4 is 0 Å². The van der Waals surface area contributed by atoms with Crippen LogP contribution in [0.2, 0.25) is 0 Å². The minimum atomic E-state index is -0.888. The van der Waals surface area contributed by atoms with Gasteiger partial charge in [-0.05, 0) is 19.3 Å². The van der Waals surface area contributed by atoms with Crippen molar-refractivity contribution in [1.82, 2.24) is 4.98 Å². The minimum Gasteiger partial charge on any atom is -0.481 e. The number of oxazole rings is 1. The summed E-state index contributed by atoms with van der Waals surface area (Å²) in [5, 5.41) is 8.58. The molecule has 1 aromatic rings. The topological polar surface area (TPSA) is 63.3 Å². The van der Waals surface area contributed by atoms with Crippen molar-refractivity contribution in [1.29, 1.82) is 0 Å². The lowest BCUT2D eigenvalue weighted by molar-refractivity contribution is -0.136. The van der Waals surface area contributed by atoms with E-state index in [1.807, 2.05) is 0 Å². The van der Waals surface area contributed by atoms with E-state index in [2.05, 4.69) is 4.98 Å². The van der Waals surface area contributed by atoms with Gasteiger partial charge >= 0.3 is 5.97 Å². The van der Waals surface area contributed by atoms with E-state index in [1.165, 1.54) is 6.42 Å². The second kappa shape index (κ2) is 3.82. The van der Waals surface area contributed by atoms with Crippen molar-refractivity contribution < 1.29 is 14.3 Å². The van der Waals surface area contributed by atoms with E-state index in [0.717, 1.165) is 37.1 Å². The molecule has 0 radical (unpaired) electrons. The first-order valence-corrected chi connectivity index (χ1v) is 4.95. The van der Waals surface area contributed by atoms with Crippen LogP contribution in [0.15, 0.2) is 4.42 Å². The summed E-state index contributed by atoms with van der Waals surface area (Å²) in [6.45, 7) is 0. The van der Waals surface area contributed by atoms with Gasteiger partial charge in [0, 0.05) is 6.42 Å². The Morgan fingerprint density at radius 3 is 2.93 bits per heavy atom. The molecule has 0 saturated heterocycles. The molecule has 1 aliphatic rings. The van der Waals surface area contributed by atoms with Gasteiger partial charge in [0.25, 0.3) is 0 Å². The summed E-state index contributed by atoms with van der Waals surface area (Å²) in [6, 6.07) is 0. The Bertz CT molecular complexity index is 320. The van der Waals surface area contributed by atoms with Gasteiger partial charge in [-0.3, -0.25) is 4.79 Å². The van der Waals surface area contributed by atoms with Crippen molar-refractivity contribution in [3.63, 3.8) is 0 Å². The molecule has 0 amide bonds. The molecule has 0 atom stereocenters. The molecule has 4 nitrogen and oxygen atoms in total.